The molecule has 10 nitrogen and oxygen atoms in total. The molecule has 4 N–H and O–H groups in total. The number of carbonyl (C=O) groups excluding carboxylic acids is 4. The molecule has 0 radical (unpaired) electrons. The van der Waals surface area contributed by atoms with Gasteiger partial charge in [-0.1, -0.05) is 12.1 Å². The maximum atomic E-state index is 12.8. The number of phenols is 1. The first-order valence-corrected chi connectivity index (χ1v) is 10.5. The van der Waals surface area contributed by atoms with Crippen LogP contribution in [0.4, 0.5) is 0 Å². The Morgan fingerprint density at radius 3 is 2.42 bits per heavy atom. The molecule has 2 aliphatic heterocycles. The fraction of sp³-hybridized carbons (Fsp3) is 0.500. The molecule has 0 bridgehead atoms. The van der Waals surface area contributed by atoms with Gasteiger partial charge in [0.1, 0.15) is 29.2 Å². The van der Waals surface area contributed by atoms with Gasteiger partial charge in [0.05, 0.1) is 0 Å². The molecule has 2 fully saturated rings. The Bertz CT molecular complexity index is 905. The van der Waals surface area contributed by atoms with Crippen LogP contribution >= 0.6 is 11.8 Å². The number of nitrogens with one attached hydrogen (secondary N) is 1. The first-order chi connectivity index (χ1) is 14.4. The first-order valence-electron chi connectivity index (χ1n) is 9.65. The van der Waals surface area contributed by atoms with E-state index in [2.05, 4.69) is 5.32 Å². The quantitative estimate of drug-likeness (QED) is 0.317. The van der Waals surface area contributed by atoms with Gasteiger partial charge in [0, 0.05) is 18.6 Å². The van der Waals surface area contributed by atoms with E-state index in [1.165, 1.54) is 54.8 Å². The van der Waals surface area contributed by atoms with E-state index in [-0.39, 0.29) is 5.75 Å². The molecule has 2 unspecified atom stereocenters. The molecule has 2 saturated heterocycles. The lowest BCUT2D eigenvalue weighted by molar-refractivity contribution is -0.190. The predicted molar refractivity (Wildman–Crippen MR) is 110 cm³/mol. The third-order valence-electron chi connectivity index (χ3n) is 5.11. The second-order valence-electron chi connectivity index (χ2n) is 7.93. The van der Waals surface area contributed by atoms with E-state index >= 15 is 0 Å². The standard InChI is InChI=1S/C20H25N3O7S/c1-9(24)29-10(2)30-19(28)15-20(3,4)31-18-14(17(27)23(15)18)22-16(26)13(21)11-5-7-12(25)8-6-11/h5-8,10,13-15,18,25H,21H2,1-4H3,(H,22,26)/t10?,13?,14-,15+,18-/m1/s1. The van der Waals surface area contributed by atoms with Crippen molar-refractivity contribution in [2.45, 2.75) is 62.2 Å². The highest BCUT2D eigenvalue weighted by Gasteiger charge is 2.64. The Kier molecular flexibility index (Phi) is 6.19. The third kappa shape index (κ3) is 4.47. The number of phenolic OH excluding ortho intramolecular Hbond substituents is 1. The third-order valence-corrected chi connectivity index (χ3v) is 6.68. The number of hydrogen-bond acceptors (Lipinski definition) is 9. The Hall–Kier alpha value is -2.79. The number of aromatic hydroxyl groups is 1. The van der Waals surface area contributed by atoms with Crippen molar-refractivity contribution >= 4 is 35.5 Å². The summed E-state index contributed by atoms with van der Waals surface area (Å²) in [7, 11) is 0. The van der Waals surface area contributed by atoms with E-state index in [9.17, 15) is 24.3 Å². The van der Waals surface area contributed by atoms with Gasteiger partial charge < -0.3 is 30.5 Å². The number of fused-ring (bicyclic) bond motifs is 1. The summed E-state index contributed by atoms with van der Waals surface area (Å²) < 4.78 is 9.32. The summed E-state index contributed by atoms with van der Waals surface area (Å²) in [4.78, 5) is 50.5. The van der Waals surface area contributed by atoms with E-state index in [0.717, 1.165) is 0 Å². The minimum atomic E-state index is -1.08. The second-order valence-corrected chi connectivity index (χ2v) is 9.70. The molecule has 2 heterocycles. The molecule has 0 saturated carbocycles. The van der Waals surface area contributed by atoms with Crippen molar-refractivity contribution in [2.24, 2.45) is 5.73 Å². The van der Waals surface area contributed by atoms with Gasteiger partial charge in [-0.05, 0) is 31.5 Å². The van der Waals surface area contributed by atoms with Crippen LogP contribution in [0.2, 0.25) is 0 Å². The highest BCUT2D eigenvalue weighted by Crippen LogP contribution is 2.51. The fourth-order valence-electron chi connectivity index (χ4n) is 3.69. The lowest BCUT2D eigenvalue weighted by atomic mass is 9.95. The summed E-state index contributed by atoms with van der Waals surface area (Å²) in [5.74, 6) is -2.20. The number of nitrogens with two attached hydrogens (primary N) is 1. The summed E-state index contributed by atoms with van der Waals surface area (Å²) in [6.45, 7) is 6.21. The topological polar surface area (TPSA) is 148 Å². The molecule has 1 aromatic rings. The van der Waals surface area contributed by atoms with Gasteiger partial charge in [-0.15, -0.1) is 11.8 Å². The van der Waals surface area contributed by atoms with E-state index < -0.39 is 58.3 Å². The van der Waals surface area contributed by atoms with Crippen molar-refractivity contribution in [3.05, 3.63) is 29.8 Å². The van der Waals surface area contributed by atoms with Crippen LogP contribution in [-0.2, 0) is 28.7 Å². The number of amides is 2. The molecule has 31 heavy (non-hydrogen) atoms. The Balaban J connectivity index is 1.67. The largest absolute Gasteiger partial charge is 0.508 e. The Morgan fingerprint density at radius 1 is 1.23 bits per heavy atom. The summed E-state index contributed by atoms with van der Waals surface area (Å²) in [6.07, 6.45) is -1.08. The highest BCUT2D eigenvalue weighted by atomic mass is 32.2. The molecule has 168 valence electrons. The molecule has 2 aliphatic rings. The van der Waals surface area contributed by atoms with E-state index in [0.29, 0.717) is 5.56 Å². The van der Waals surface area contributed by atoms with E-state index in [4.69, 9.17) is 15.2 Å². The van der Waals surface area contributed by atoms with E-state index in [1.807, 2.05) is 0 Å². The monoisotopic (exact) mass is 451 g/mol. The van der Waals surface area contributed by atoms with Gasteiger partial charge in [-0.2, -0.15) is 0 Å². The van der Waals surface area contributed by atoms with Crippen LogP contribution < -0.4 is 11.1 Å². The number of ether oxygens (including phenoxy) is 2. The number of hydrogen-bond donors (Lipinski definition) is 3. The van der Waals surface area contributed by atoms with Gasteiger partial charge in [0.15, 0.2) is 0 Å². The number of esters is 2. The van der Waals surface area contributed by atoms with Gasteiger partial charge in [-0.3, -0.25) is 14.4 Å². The van der Waals surface area contributed by atoms with Crippen LogP contribution in [0.5, 0.6) is 5.75 Å². The molecular weight excluding hydrogens is 426 g/mol. The minimum absolute atomic E-state index is 0.0479. The molecule has 2 amide bonds. The number of β-lactam (4-membered cyclic amide) rings is 1. The highest BCUT2D eigenvalue weighted by molar-refractivity contribution is 8.01. The van der Waals surface area contributed by atoms with Gasteiger partial charge in [-0.25, -0.2) is 4.79 Å². The summed E-state index contributed by atoms with van der Waals surface area (Å²) in [6, 6.07) is 3.14. The van der Waals surface area contributed by atoms with Crippen LogP contribution in [0.1, 0.15) is 39.3 Å². The zero-order valence-corrected chi connectivity index (χ0v) is 18.3. The van der Waals surface area contributed by atoms with Crippen LogP contribution in [0, 0.1) is 0 Å². The van der Waals surface area contributed by atoms with Crippen LogP contribution in [0.15, 0.2) is 24.3 Å². The Morgan fingerprint density at radius 2 is 1.84 bits per heavy atom. The lowest BCUT2D eigenvalue weighted by Crippen LogP contribution is -2.71. The van der Waals surface area contributed by atoms with Gasteiger partial charge in [0.2, 0.25) is 18.1 Å². The maximum Gasteiger partial charge on any atom is 0.333 e. The van der Waals surface area contributed by atoms with Crippen molar-refractivity contribution in [1.82, 2.24) is 10.2 Å². The van der Waals surface area contributed by atoms with Crippen LogP contribution in [0.3, 0.4) is 0 Å². The van der Waals surface area contributed by atoms with Crippen LogP contribution in [0.25, 0.3) is 0 Å². The average molecular weight is 452 g/mol. The van der Waals surface area contributed by atoms with Crippen molar-refractivity contribution in [2.75, 3.05) is 0 Å². The van der Waals surface area contributed by atoms with Crippen molar-refractivity contribution in [1.29, 1.82) is 0 Å². The number of carbonyl (C=O) groups is 4. The number of thioether (sulfide) groups is 1. The Labute approximate surface area is 183 Å². The molecule has 0 aliphatic carbocycles. The second kappa shape index (κ2) is 8.39. The molecule has 5 atom stereocenters. The fourth-order valence-corrected chi connectivity index (χ4v) is 5.31. The maximum absolute atomic E-state index is 12.8. The smallest absolute Gasteiger partial charge is 0.333 e. The van der Waals surface area contributed by atoms with Gasteiger partial charge >= 0.3 is 11.9 Å². The normalized spacial score (nSPS) is 25.6. The summed E-state index contributed by atoms with van der Waals surface area (Å²) in [5, 5.41) is 11.6. The molecule has 3 rings (SSSR count). The number of rotatable bonds is 6. The molecule has 0 aromatic heterocycles. The predicted octanol–water partition coefficient (Wildman–Crippen LogP) is 0.391. The molecule has 11 heteroatoms. The van der Waals surface area contributed by atoms with Crippen molar-refractivity contribution in [3.8, 4) is 5.75 Å². The number of benzene rings is 1. The first kappa shape index (κ1) is 22.9. The van der Waals surface area contributed by atoms with Crippen LogP contribution in [-0.4, -0.2) is 62.3 Å². The average Bonchev–Trinajstić information content (AvgIpc) is 2.93. The van der Waals surface area contributed by atoms with E-state index in [1.54, 1.807) is 13.8 Å². The van der Waals surface area contributed by atoms with Crippen molar-refractivity contribution in [3.63, 3.8) is 0 Å². The summed E-state index contributed by atoms with van der Waals surface area (Å²) >= 11 is 1.37. The lowest BCUT2D eigenvalue weighted by Gasteiger charge is -2.44. The molecular formula is C20H25N3O7S. The van der Waals surface area contributed by atoms with Gasteiger partial charge in [0.25, 0.3) is 0 Å². The minimum Gasteiger partial charge on any atom is -0.508 e. The summed E-state index contributed by atoms with van der Waals surface area (Å²) in [5.41, 5.74) is 6.47. The molecule has 1 aromatic carbocycles. The van der Waals surface area contributed by atoms with Crippen molar-refractivity contribution < 1.29 is 33.8 Å². The zero-order valence-electron chi connectivity index (χ0n) is 17.5. The zero-order chi connectivity index (χ0) is 23.1. The molecule has 0 spiro atoms. The SMILES string of the molecule is CC(=O)OC(C)OC(=O)[C@@H]1N2C(=O)[C@@H](NC(=O)C(N)c3ccc(O)cc3)[C@H]2SC1(C)C. The number of nitrogens with zero attached hydrogens (tertiary/aromatic N) is 1.